The minimum atomic E-state index is -0.784. The van der Waals surface area contributed by atoms with Gasteiger partial charge in [0.25, 0.3) is 0 Å². The number of amides is 1. The van der Waals surface area contributed by atoms with Gasteiger partial charge in [-0.1, -0.05) is 30.3 Å². The fourth-order valence-corrected chi connectivity index (χ4v) is 1.67. The first-order chi connectivity index (χ1) is 9.19. The molecular formula is C14H19NO4. The largest absolute Gasteiger partial charge is 0.467 e. The average Bonchev–Trinajstić information content (AvgIpc) is 2.45. The zero-order valence-corrected chi connectivity index (χ0v) is 11.0. The lowest BCUT2D eigenvalue weighted by Crippen LogP contribution is -2.34. The van der Waals surface area contributed by atoms with E-state index >= 15 is 0 Å². The van der Waals surface area contributed by atoms with Gasteiger partial charge < -0.3 is 15.2 Å². The van der Waals surface area contributed by atoms with E-state index in [2.05, 4.69) is 5.32 Å². The summed E-state index contributed by atoms with van der Waals surface area (Å²) < 4.78 is 4.70. The maximum atomic E-state index is 11.7. The Hall–Kier alpha value is -1.88. The van der Waals surface area contributed by atoms with Gasteiger partial charge in [0.1, 0.15) is 0 Å². The van der Waals surface area contributed by atoms with Crippen LogP contribution in [0.1, 0.15) is 30.9 Å². The van der Waals surface area contributed by atoms with E-state index in [0.29, 0.717) is 18.4 Å². The van der Waals surface area contributed by atoms with Crippen LogP contribution in [-0.4, -0.2) is 30.7 Å². The van der Waals surface area contributed by atoms with Crippen LogP contribution >= 0.6 is 0 Å². The summed E-state index contributed by atoms with van der Waals surface area (Å²) in [6, 6.07) is 8.16. The zero-order valence-electron chi connectivity index (χ0n) is 11.0. The Labute approximate surface area is 112 Å². The summed E-state index contributed by atoms with van der Waals surface area (Å²) in [5, 5.41) is 11.3. The topological polar surface area (TPSA) is 75.6 Å². The van der Waals surface area contributed by atoms with Crippen LogP contribution in [0.5, 0.6) is 0 Å². The molecule has 1 aromatic rings. The monoisotopic (exact) mass is 265 g/mol. The first-order valence-electron chi connectivity index (χ1n) is 6.22. The Morgan fingerprint density at radius 3 is 2.53 bits per heavy atom. The van der Waals surface area contributed by atoms with Crippen LogP contribution in [-0.2, 0) is 14.3 Å². The normalized spacial score (nSPS) is 11.7. The summed E-state index contributed by atoms with van der Waals surface area (Å²) in [4.78, 5) is 23.4. The fourth-order valence-electron chi connectivity index (χ4n) is 1.67. The molecule has 1 aromatic carbocycles. The number of carbonyl (C=O) groups excluding carboxylic acids is 2. The molecule has 5 heteroatoms. The number of rotatable bonds is 7. The van der Waals surface area contributed by atoms with Gasteiger partial charge in [-0.25, -0.2) is 4.79 Å². The molecule has 0 bridgehead atoms. The zero-order chi connectivity index (χ0) is 14.1. The maximum Gasteiger partial charge on any atom is 0.333 e. The van der Waals surface area contributed by atoms with Crippen molar-refractivity contribution in [2.45, 2.75) is 25.3 Å². The molecule has 2 N–H and O–H groups in total. The number of nitrogens with one attached hydrogen (secondary N) is 1. The van der Waals surface area contributed by atoms with Gasteiger partial charge in [0.05, 0.1) is 7.11 Å². The molecule has 1 rings (SSSR count). The Morgan fingerprint density at radius 1 is 1.26 bits per heavy atom. The number of benzene rings is 1. The Bertz CT molecular complexity index is 405. The molecule has 0 radical (unpaired) electrons. The highest BCUT2D eigenvalue weighted by atomic mass is 16.5. The number of aliphatic hydroxyl groups is 1. The maximum absolute atomic E-state index is 11.7. The summed E-state index contributed by atoms with van der Waals surface area (Å²) in [6.45, 7) is 0.0619. The van der Waals surface area contributed by atoms with Crippen molar-refractivity contribution in [3.05, 3.63) is 35.9 Å². The standard InChI is InChI=1S/C14H19NO4/c1-19-14(18)13(11-7-3-2-4-8-11)15-12(17)9-5-6-10-16/h2-4,7-8,13,16H,5-6,9-10H2,1H3,(H,15,17). The lowest BCUT2D eigenvalue weighted by atomic mass is 10.1. The van der Waals surface area contributed by atoms with Crippen molar-refractivity contribution < 1.29 is 19.4 Å². The van der Waals surface area contributed by atoms with Crippen molar-refractivity contribution in [2.24, 2.45) is 0 Å². The van der Waals surface area contributed by atoms with E-state index in [-0.39, 0.29) is 18.9 Å². The molecule has 5 nitrogen and oxygen atoms in total. The number of carbonyl (C=O) groups is 2. The number of aliphatic hydroxyl groups excluding tert-OH is 1. The first-order valence-corrected chi connectivity index (χ1v) is 6.22. The number of unbranched alkanes of at least 4 members (excludes halogenated alkanes) is 1. The molecule has 104 valence electrons. The summed E-state index contributed by atoms with van der Waals surface area (Å²) in [5.74, 6) is -0.727. The van der Waals surface area contributed by atoms with Crippen molar-refractivity contribution in [1.82, 2.24) is 5.32 Å². The van der Waals surface area contributed by atoms with Gasteiger partial charge in [0.2, 0.25) is 5.91 Å². The molecule has 0 aliphatic carbocycles. The Balaban J connectivity index is 2.66. The minimum Gasteiger partial charge on any atom is -0.467 e. The van der Waals surface area contributed by atoms with E-state index in [4.69, 9.17) is 9.84 Å². The van der Waals surface area contributed by atoms with Crippen molar-refractivity contribution in [3.8, 4) is 0 Å². The Kier molecular flexibility index (Phi) is 6.60. The average molecular weight is 265 g/mol. The predicted octanol–water partition coefficient (Wildman–Crippen LogP) is 1.18. The molecule has 0 spiro atoms. The van der Waals surface area contributed by atoms with E-state index in [1.165, 1.54) is 7.11 Å². The summed E-state index contributed by atoms with van der Waals surface area (Å²) >= 11 is 0. The second-order valence-corrected chi connectivity index (χ2v) is 4.12. The number of methoxy groups -OCH3 is 1. The molecule has 0 aromatic heterocycles. The number of hydrogen-bond donors (Lipinski definition) is 2. The van der Waals surface area contributed by atoms with Crippen molar-refractivity contribution in [1.29, 1.82) is 0 Å². The van der Waals surface area contributed by atoms with Crippen molar-refractivity contribution >= 4 is 11.9 Å². The number of ether oxygens (including phenoxy) is 1. The molecule has 1 atom stereocenters. The van der Waals surface area contributed by atoms with E-state index in [0.717, 1.165) is 0 Å². The van der Waals surface area contributed by atoms with Crippen LogP contribution < -0.4 is 5.32 Å². The van der Waals surface area contributed by atoms with Gasteiger partial charge in [-0.05, 0) is 18.4 Å². The molecule has 0 fully saturated rings. The van der Waals surface area contributed by atoms with E-state index in [1.807, 2.05) is 6.07 Å². The van der Waals surface area contributed by atoms with Gasteiger partial charge in [-0.2, -0.15) is 0 Å². The highest BCUT2D eigenvalue weighted by Crippen LogP contribution is 2.14. The minimum absolute atomic E-state index is 0.0619. The van der Waals surface area contributed by atoms with Gasteiger partial charge in [0.15, 0.2) is 6.04 Å². The SMILES string of the molecule is COC(=O)C(NC(=O)CCCCO)c1ccccc1. The molecule has 19 heavy (non-hydrogen) atoms. The van der Waals surface area contributed by atoms with Crippen LogP contribution in [0, 0.1) is 0 Å². The summed E-state index contributed by atoms with van der Waals surface area (Å²) in [6.07, 6.45) is 1.44. The lowest BCUT2D eigenvalue weighted by molar-refractivity contribution is -0.145. The number of hydrogen-bond acceptors (Lipinski definition) is 4. The predicted molar refractivity (Wildman–Crippen MR) is 70.3 cm³/mol. The second kappa shape index (κ2) is 8.26. The molecule has 1 unspecified atom stereocenters. The lowest BCUT2D eigenvalue weighted by Gasteiger charge is -2.16. The molecule has 0 saturated heterocycles. The van der Waals surface area contributed by atoms with Crippen molar-refractivity contribution in [3.63, 3.8) is 0 Å². The Morgan fingerprint density at radius 2 is 1.95 bits per heavy atom. The van der Waals surface area contributed by atoms with Crippen LogP contribution in [0.15, 0.2) is 30.3 Å². The van der Waals surface area contributed by atoms with Crippen LogP contribution in [0.4, 0.5) is 0 Å². The molecular weight excluding hydrogens is 246 g/mol. The third-order valence-corrected chi connectivity index (χ3v) is 2.69. The van der Waals surface area contributed by atoms with Gasteiger partial charge in [-0.15, -0.1) is 0 Å². The van der Waals surface area contributed by atoms with Crippen LogP contribution in [0.2, 0.25) is 0 Å². The highest BCUT2D eigenvalue weighted by molar-refractivity contribution is 5.85. The van der Waals surface area contributed by atoms with Gasteiger partial charge in [0, 0.05) is 13.0 Å². The van der Waals surface area contributed by atoms with Gasteiger partial charge >= 0.3 is 5.97 Å². The second-order valence-electron chi connectivity index (χ2n) is 4.12. The molecule has 0 aliphatic rings. The molecule has 0 aliphatic heterocycles. The quantitative estimate of drug-likeness (QED) is 0.573. The number of esters is 1. The summed E-state index contributed by atoms with van der Waals surface area (Å²) in [7, 11) is 1.29. The fraction of sp³-hybridized carbons (Fsp3) is 0.429. The first kappa shape index (κ1) is 15.2. The summed E-state index contributed by atoms with van der Waals surface area (Å²) in [5.41, 5.74) is 0.685. The third-order valence-electron chi connectivity index (χ3n) is 2.69. The van der Waals surface area contributed by atoms with Gasteiger partial charge in [-0.3, -0.25) is 4.79 Å². The molecule has 0 saturated carbocycles. The third kappa shape index (κ3) is 5.09. The van der Waals surface area contributed by atoms with Crippen LogP contribution in [0.3, 0.4) is 0 Å². The molecule has 1 amide bonds. The smallest absolute Gasteiger partial charge is 0.333 e. The van der Waals surface area contributed by atoms with Crippen molar-refractivity contribution in [2.75, 3.05) is 13.7 Å². The van der Waals surface area contributed by atoms with E-state index in [1.54, 1.807) is 24.3 Å². The van der Waals surface area contributed by atoms with E-state index < -0.39 is 12.0 Å². The highest BCUT2D eigenvalue weighted by Gasteiger charge is 2.22. The van der Waals surface area contributed by atoms with Crippen LogP contribution in [0.25, 0.3) is 0 Å². The van der Waals surface area contributed by atoms with E-state index in [9.17, 15) is 9.59 Å². The molecule has 0 heterocycles.